The van der Waals surface area contributed by atoms with Crippen LogP contribution in [0.5, 0.6) is 0 Å². The molecule has 2 rings (SSSR count). The van der Waals surface area contributed by atoms with Gasteiger partial charge in [0.25, 0.3) is 0 Å². The van der Waals surface area contributed by atoms with Crippen LogP contribution >= 0.6 is 0 Å². The summed E-state index contributed by atoms with van der Waals surface area (Å²) in [6.07, 6.45) is 4.92. The molecule has 0 radical (unpaired) electrons. The Kier molecular flexibility index (Phi) is 5.59. The average Bonchev–Trinajstić information content (AvgIpc) is 3.01. The lowest BCUT2D eigenvalue weighted by molar-refractivity contribution is 0.125. The highest BCUT2D eigenvalue weighted by molar-refractivity contribution is 5.80. The molecule has 5 N–H and O–H groups in total. The first-order chi connectivity index (χ1) is 10.2. The van der Waals surface area contributed by atoms with Crippen molar-refractivity contribution < 1.29 is 10.3 Å². The lowest BCUT2D eigenvalue weighted by Gasteiger charge is -2.30. The second kappa shape index (κ2) is 7.43. The molecule has 0 aliphatic heterocycles. The summed E-state index contributed by atoms with van der Waals surface area (Å²) < 4.78 is 0. The van der Waals surface area contributed by atoms with Crippen LogP contribution < -0.4 is 11.1 Å². The number of hydrogen-bond acceptors (Lipinski definition) is 4. The van der Waals surface area contributed by atoms with Crippen molar-refractivity contribution in [2.45, 2.75) is 38.1 Å². The van der Waals surface area contributed by atoms with Crippen LogP contribution in [0.25, 0.3) is 0 Å². The molecule has 116 valence electrons. The fourth-order valence-electron chi connectivity index (χ4n) is 3.10. The van der Waals surface area contributed by atoms with Crippen LogP contribution in [0.4, 0.5) is 0 Å². The molecule has 21 heavy (non-hydrogen) atoms. The van der Waals surface area contributed by atoms with Crippen molar-refractivity contribution in [1.82, 2.24) is 5.32 Å². The first-order valence-electron chi connectivity index (χ1n) is 7.55. The van der Waals surface area contributed by atoms with Gasteiger partial charge in [-0.1, -0.05) is 48.3 Å². The minimum Gasteiger partial charge on any atom is -0.409 e. The van der Waals surface area contributed by atoms with E-state index in [1.54, 1.807) is 0 Å². The van der Waals surface area contributed by atoms with E-state index in [1.807, 2.05) is 30.3 Å². The summed E-state index contributed by atoms with van der Waals surface area (Å²) in [6.45, 7) is 0.965. The smallest absolute Gasteiger partial charge is 0.141 e. The Hall–Kier alpha value is -1.59. The number of aliphatic hydroxyl groups is 1. The molecule has 1 fully saturated rings. The van der Waals surface area contributed by atoms with E-state index < -0.39 is 0 Å². The minimum absolute atomic E-state index is 0.00822. The van der Waals surface area contributed by atoms with E-state index in [1.165, 1.54) is 12.8 Å². The highest BCUT2D eigenvalue weighted by Crippen LogP contribution is 2.37. The predicted molar refractivity (Wildman–Crippen MR) is 83.2 cm³/mol. The molecule has 5 nitrogen and oxygen atoms in total. The molecular weight excluding hydrogens is 266 g/mol. The van der Waals surface area contributed by atoms with Crippen LogP contribution in [0.2, 0.25) is 0 Å². The maximum atomic E-state index is 9.70. The Morgan fingerprint density at radius 1 is 1.29 bits per heavy atom. The normalized spacial score (nSPS) is 19.6. The van der Waals surface area contributed by atoms with Crippen molar-refractivity contribution in [1.29, 1.82) is 0 Å². The van der Waals surface area contributed by atoms with Crippen molar-refractivity contribution in [3.05, 3.63) is 35.9 Å². The van der Waals surface area contributed by atoms with E-state index in [0.29, 0.717) is 6.42 Å². The number of oxime groups is 1. The number of rotatable bonds is 7. The Morgan fingerprint density at radius 2 is 1.95 bits per heavy atom. The van der Waals surface area contributed by atoms with Gasteiger partial charge in [0, 0.05) is 31.0 Å². The maximum absolute atomic E-state index is 9.70. The second-order valence-electron chi connectivity index (χ2n) is 6.00. The third-order valence-corrected chi connectivity index (χ3v) is 4.47. The number of nitrogens with one attached hydrogen (secondary N) is 1. The van der Waals surface area contributed by atoms with Crippen LogP contribution in [-0.2, 0) is 0 Å². The number of aliphatic hydroxyl groups excluding tert-OH is 1. The quantitative estimate of drug-likeness (QED) is 0.268. The molecule has 5 heteroatoms. The molecule has 0 spiro atoms. The lowest BCUT2D eigenvalue weighted by Crippen LogP contribution is -2.38. The number of amidine groups is 1. The molecule has 0 amide bonds. The zero-order valence-corrected chi connectivity index (χ0v) is 12.3. The molecule has 1 aromatic rings. The van der Waals surface area contributed by atoms with E-state index >= 15 is 0 Å². The van der Waals surface area contributed by atoms with Gasteiger partial charge >= 0.3 is 0 Å². The third-order valence-electron chi connectivity index (χ3n) is 4.47. The van der Waals surface area contributed by atoms with Crippen LogP contribution in [0.1, 0.15) is 43.7 Å². The van der Waals surface area contributed by atoms with Crippen LogP contribution in [-0.4, -0.2) is 29.3 Å². The Balaban J connectivity index is 2.05. The topological polar surface area (TPSA) is 90.9 Å². The Bertz CT molecular complexity index is 456. The standard InChI is InChI=1S/C16H25N3O2/c17-15(19-21)10-14(13-6-2-1-3-7-13)18-11-16(12-20)8-4-5-9-16/h1-3,6-7,14,18,20-21H,4-5,8-12H2,(H2,17,19). The van der Waals surface area contributed by atoms with Gasteiger partial charge in [-0.15, -0.1) is 0 Å². The van der Waals surface area contributed by atoms with Crippen molar-refractivity contribution in [3.8, 4) is 0 Å². The third kappa shape index (κ3) is 4.19. The largest absolute Gasteiger partial charge is 0.409 e. The number of benzene rings is 1. The average molecular weight is 291 g/mol. The first kappa shape index (κ1) is 15.8. The van der Waals surface area contributed by atoms with Gasteiger partial charge in [-0.05, 0) is 18.4 Å². The van der Waals surface area contributed by atoms with Gasteiger partial charge in [0.05, 0.1) is 0 Å². The van der Waals surface area contributed by atoms with Gasteiger partial charge in [0.15, 0.2) is 0 Å². The number of nitrogens with two attached hydrogens (primary N) is 1. The zero-order valence-electron chi connectivity index (χ0n) is 12.3. The van der Waals surface area contributed by atoms with Crippen LogP contribution in [0.3, 0.4) is 0 Å². The molecule has 1 aliphatic carbocycles. The van der Waals surface area contributed by atoms with Crippen molar-refractivity contribution >= 4 is 5.84 Å². The highest BCUT2D eigenvalue weighted by atomic mass is 16.4. The Labute approximate surface area is 125 Å². The van der Waals surface area contributed by atoms with E-state index in [2.05, 4.69) is 10.5 Å². The Morgan fingerprint density at radius 3 is 2.52 bits per heavy atom. The molecule has 1 aromatic carbocycles. The monoisotopic (exact) mass is 291 g/mol. The fourth-order valence-corrected chi connectivity index (χ4v) is 3.10. The molecule has 0 aromatic heterocycles. The van der Waals surface area contributed by atoms with Crippen molar-refractivity contribution in [2.24, 2.45) is 16.3 Å². The lowest BCUT2D eigenvalue weighted by atomic mass is 9.86. The molecular formula is C16H25N3O2. The van der Waals surface area contributed by atoms with Gasteiger partial charge in [-0.25, -0.2) is 0 Å². The van der Waals surface area contributed by atoms with Crippen LogP contribution in [0, 0.1) is 5.41 Å². The number of nitrogens with zero attached hydrogens (tertiary/aromatic N) is 1. The summed E-state index contributed by atoms with van der Waals surface area (Å²) in [5, 5.41) is 25.1. The van der Waals surface area contributed by atoms with Gasteiger partial charge in [0.1, 0.15) is 5.84 Å². The molecule has 1 aliphatic rings. The molecule has 1 atom stereocenters. The van der Waals surface area contributed by atoms with Crippen molar-refractivity contribution in [2.75, 3.05) is 13.2 Å². The summed E-state index contributed by atoms with van der Waals surface area (Å²) in [7, 11) is 0. The van der Waals surface area contributed by atoms with Gasteiger partial charge in [0.2, 0.25) is 0 Å². The molecule has 1 unspecified atom stereocenters. The van der Waals surface area contributed by atoms with Crippen molar-refractivity contribution in [3.63, 3.8) is 0 Å². The summed E-state index contributed by atoms with van der Waals surface area (Å²) in [5.41, 5.74) is 6.76. The second-order valence-corrected chi connectivity index (χ2v) is 6.00. The van der Waals surface area contributed by atoms with Gasteiger partial charge in [-0.3, -0.25) is 0 Å². The van der Waals surface area contributed by atoms with E-state index in [0.717, 1.165) is 24.9 Å². The molecule has 0 heterocycles. The summed E-state index contributed by atoms with van der Waals surface area (Å²) in [4.78, 5) is 0. The SMILES string of the molecule is N/C(CC(NCC1(CO)CCCC1)c1ccccc1)=N/O. The highest BCUT2D eigenvalue weighted by Gasteiger charge is 2.33. The van der Waals surface area contributed by atoms with Gasteiger partial charge < -0.3 is 21.4 Å². The number of hydrogen-bond donors (Lipinski definition) is 4. The van der Waals surface area contributed by atoms with Crippen LogP contribution in [0.15, 0.2) is 35.5 Å². The first-order valence-corrected chi connectivity index (χ1v) is 7.55. The molecule has 0 bridgehead atoms. The predicted octanol–water partition coefficient (Wildman–Crippen LogP) is 2.01. The minimum atomic E-state index is -0.0157. The van der Waals surface area contributed by atoms with E-state index in [9.17, 15) is 5.11 Å². The van der Waals surface area contributed by atoms with E-state index in [4.69, 9.17) is 10.9 Å². The summed E-state index contributed by atoms with van der Waals surface area (Å²) in [5.74, 6) is 0.209. The zero-order chi connectivity index (χ0) is 15.1. The van der Waals surface area contributed by atoms with Gasteiger partial charge in [-0.2, -0.15) is 0 Å². The maximum Gasteiger partial charge on any atom is 0.141 e. The fraction of sp³-hybridized carbons (Fsp3) is 0.562. The molecule has 0 saturated heterocycles. The molecule has 1 saturated carbocycles. The summed E-state index contributed by atoms with van der Waals surface area (Å²) >= 11 is 0. The van der Waals surface area contributed by atoms with E-state index in [-0.39, 0.29) is 23.9 Å². The summed E-state index contributed by atoms with van der Waals surface area (Å²) in [6, 6.07) is 9.98.